The fourth-order valence-electron chi connectivity index (χ4n) is 7.94. The van der Waals surface area contributed by atoms with Crippen molar-refractivity contribution in [1.82, 2.24) is 19.5 Å². The summed E-state index contributed by atoms with van der Waals surface area (Å²) >= 11 is 1.84. The molecule has 0 atom stereocenters. The molecule has 5 heteroatoms. The van der Waals surface area contributed by atoms with Crippen LogP contribution < -0.4 is 0 Å². The summed E-state index contributed by atoms with van der Waals surface area (Å²) in [5.41, 5.74) is 8.54. The van der Waals surface area contributed by atoms with E-state index in [-0.39, 0.29) is 0 Å². The summed E-state index contributed by atoms with van der Waals surface area (Å²) in [7, 11) is 0. The Labute approximate surface area is 315 Å². The molecule has 0 spiro atoms. The van der Waals surface area contributed by atoms with Gasteiger partial charge in [0.25, 0.3) is 0 Å². The lowest BCUT2D eigenvalue weighted by Crippen LogP contribution is -2.02. The first-order chi connectivity index (χ1) is 26.8. The maximum atomic E-state index is 5.14. The molecule has 252 valence electrons. The van der Waals surface area contributed by atoms with Crippen LogP contribution in [-0.2, 0) is 0 Å². The lowest BCUT2D eigenvalue weighted by molar-refractivity contribution is 1.07. The van der Waals surface area contributed by atoms with Crippen LogP contribution in [0.2, 0.25) is 0 Å². The van der Waals surface area contributed by atoms with Crippen LogP contribution in [0.1, 0.15) is 0 Å². The molecule has 54 heavy (non-hydrogen) atoms. The van der Waals surface area contributed by atoms with Gasteiger partial charge in [-0.15, -0.1) is 11.3 Å². The predicted molar refractivity (Wildman–Crippen MR) is 226 cm³/mol. The van der Waals surface area contributed by atoms with Crippen molar-refractivity contribution in [2.75, 3.05) is 0 Å². The third-order valence-corrected chi connectivity index (χ3v) is 11.6. The number of thiophene rings is 1. The second kappa shape index (κ2) is 12.3. The minimum atomic E-state index is 0.631. The van der Waals surface area contributed by atoms with Gasteiger partial charge in [-0.05, 0) is 64.9 Å². The number of benzene rings is 8. The van der Waals surface area contributed by atoms with E-state index in [1.807, 2.05) is 47.7 Å². The molecule has 4 nitrogen and oxygen atoms in total. The van der Waals surface area contributed by atoms with Crippen LogP contribution in [0.15, 0.2) is 182 Å². The van der Waals surface area contributed by atoms with Crippen molar-refractivity contribution in [2.45, 2.75) is 0 Å². The number of hydrogen-bond donors (Lipinski definition) is 0. The Bertz CT molecular complexity index is 3160. The van der Waals surface area contributed by atoms with Crippen LogP contribution in [0.4, 0.5) is 0 Å². The number of rotatable bonds is 5. The van der Waals surface area contributed by atoms with Crippen LogP contribution in [0, 0.1) is 0 Å². The van der Waals surface area contributed by atoms with Crippen molar-refractivity contribution in [3.63, 3.8) is 0 Å². The van der Waals surface area contributed by atoms with Gasteiger partial charge >= 0.3 is 0 Å². The molecule has 0 aliphatic rings. The first kappa shape index (κ1) is 30.7. The van der Waals surface area contributed by atoms with Crippen LogP contribution in [-0.4, -0.2) is 19.5 Å². The van der Waals surface area contributed by atoms with E-state index in [9.17, 15) is 0 Å². The van der Waals surface area contributed by atoms with E-state index < -0.39 is 0 Å². The maximum absolute atomic E-state index is 5.14. The summed E-state index contributed by atoms with van der Waals surface area (Å²) in [4.78, 5) is 15.2. The quantitative estimate of drug-likeness (QED) is 0.179. The van der Waals surface area contributed by atoms with Crippen molar-refractivity contribution in [2.24, 2.45) is 0 Å². The number of nitrogens with zero attached hydrogens (tertiary/aromatic N) is 4. The Morgan fingerprint density at radius 3 is 1.70 bits per heavy atom. The summed E-state index contributed by atoms with van der Waals surface area (Å²) in [6.07, 6.45) is 0. The molecule has 0 fully saturated rings. The third kappa shape index (κ3) is 4.94. The molecular weight excluding hydrogens is 677 g/mol. The van der Waals surface area contributed by atoms with E-state index in [0.717, 1.165) is 33.5 Å². The molecule has 3 aromatic heterocycles. The average molecular weight is 707 g/mol. The fourth-order valence-corrected chi connectivity index (χ4v) is 9.07. The molecule has 0 amide bonds. The zero-order chi connectivity index (χ0) is 35.6. The minimum absolute atomic E-state index is 0.631. The summed E-state index contributed by atoms with van der Waals surface area (Å²) in [5, 5.41) is 7.42. The Balaban J connectivity index is 1.23. The smallest absolute Gasteiger partial charge is 0.164 e. The Morgan fingerprint density at radius 1 is 0.370 bits per heavy atom. The molecule has 0 saturated carbocycles. The molecule has 0 aliphatic carbocycles. The van der Waals surface area contributed by atoms with Crippen LogP contribution in [0.5, 0.6) is 0 Å². The van der Waals surface area contributed by atoms with Gasteiger partial charge in [0.15, 0.2) is 17.5 Å². The van der Waals surface area contributed by atoms with Gasteiger partial charge in [-0.25, -0.2) is 15.0 Å². The number of para-hydroxylation sites is 1. The largest absolute Gasteiger partial charge is 0.309 e. The van der Waals surface area contributed by atoms with Crippen molar-refractivity contribution in [3.05, 3.63) is 182 Å². The van der Waals surface area contributed by atoms with Gasteiger partial charge in [0.2, 0.25) is 0 Å². The standard InChI is InChI=1S/C49H30N4S/c1-3-14-31(15-4-1)47-50-48(32-16-5-2-6-17-32)52-49(51-47)35-26-27-42(40(29-35)37-22-13-25-45-46(37)38-21-10-12-24-44(38)54-45)53-41-23-11-9-20-36(41)39-28-33-18-7-8-19-34(33)30-43(39)53/h1-30H. The summed E-state index contributed by atoms with van der Waals surface area (Å²) in [6, 6.07) is 64.6. The zero-order valence-electron chi connectivity index (χ0n) is 29.0. The molecule has 0 unspecified atom stereocenters. The van der Waals surface area contributed by atoms with E-state index >= 15 is 0 Å². The predicted octanol–water partition coefficient (Wildman–Crippen LogP) is 13.2. The molecule has 0 aliphatic heterocycles. The molecule has 0 N–H and O–H groups in total. The third-order valence-electron chi connectivity index (χ3n) is 10.4. The topological polar surface area (TPSA) is 43.6 Å². The van der Waals surface area contributed by atoms with Crippen molar-refractivity contribution in [1.29, 1.82) is 0 Å². The molecular formula is C49H30N4S. The second-order valence-electron chi connectivity index (χ2n) is 13.6. The highest BCUT2D eigenvalue weighted by molar-refractivity contribution is 7.25. The van der Waals surface area contributed by atoms with Crippen LogP contribution in [0.3, 0.4) is 0 Å². The van der Waals surface area contributed by atoms with Crippen LogP contribution >= 0.6 is 11.3 Å². The monoisotopic (exact) mass is 706 g/mol. The highest BCUT2D eigenvalue weighted by atomic mass is 32.1. The van der Waals surface area contributed by atoms with Crippen molar-refractivity contribution >= 4 is 64.1 Å². The number of hydrogen-bond acceptors (Lipinski definition) is 4. The van der Waals surface area contributed by atoms with E-state index in [1.54, 1.807) is 0 Å². The highest BCUT2D eigenvalue weighted by Crippen LogP contribution is 2.44. The van der Waals surface area contributed by atoms with E-state index in [4.69, 9.17) is 15.0 Å². The van der Waals surface area contributed by atoms with E-state index in [0.29, 0.717) is 17.5 Å². The van der Waals surface area contributed by atoms with Crippen molar-refractivity contribution in [3.8, 4) is 51.0 Å². The summed E-state index contributed by atoms with van der Waals surface area (Å²) in [6.45, 7) is 0. The average Bonchev–Trinajstić information content (AvgIpc) is 3.78. The molecule has 11 rings (SSSR count). The summed E-state index contributed by atoms with van der Waals surface area (Å²) < 4.78 is 4.98. The van der Waals surface area contributed by atoms with Crippen LogP contribution in [0.25, 0.3) is 104 Å². The van der Waals surface area contributed by atoms with Gasteiger partial charge in [-0.3, -0.25) is 0 Å². The molecule has 0 saturated heterocycles. The highest BCUT2D eigenvalue weighted by Gasteiger charge is 2.21. The zero-order valence-corrected chi connectivity index (χ0v) is 29.8. The van der Waals surface area contributed by atoms with E-state index in [2.05, 4.69) is 150 Å². The Morgan fingerprint density at radius 2 is 0.963 bits per heavy atom. The Hall–Kier alpha value is -6.95. The number of fused-ring (bicyclic) bond motifs is 7. The molecule has 8 aromatic carbocycles. The van der Waals surface area contributed by atoms with Gasteiger partial charge in [0.05, 0.1) is 16.7 Å². The van der Waals surface area contributed by atoms with Gasteiger partial charge in [-0.2, -0.15) is 0 Å². The lowest BCUT2D eigenvalue weighted by atomic mass is 9.95. The first-order valence-corrected chi connectivity index (χ1v) is 18.9. The molecule has 0 bridgehead atoms. The molecule has 11 aromatic rings. The van der Waals surface area contributed by atoms with Crippen molar-refractivity contribution < 1.29 is 0 Å². The SMILES string of the molecule is c1ccc(-c2nc(-c3ccccc3)nc(-c3ccc(-n4c5ccccc5c5cc6ccccc6cc54)c(-c4cccc5sc6ccccc6c45)c3)n2)cc1. The Kier molecular flexibility index (Phi) is 7.00. The second-order valence-corrected chi connectivity index (χ2v) is 14.7. The van der Waals surface area contributed by atoms with Gasteiger partial charge in [0.1, 0.15) is 0 Å². The normalized spacial score (nSPS) is 11.7. The van der Waals surface area contributed by atoms with E-state index in [1.165, 1.54) is 52.8 Å². The lowest BCUT2D eigenvalue weighted by Gasteiger charge is -2.17. The first-order valence-electron chi connectivity index (χ1n) is 18.1. The molecule has 3 heterocycles. The van der Waals surface area contributed by atoms with Gasteiger partial charge in [-0.1, -0.05) is 133 Å². The minimum Gasteiger partial charge on any atom is -0.309 e. The maximum Gasteiger partial charge on any atom is 0.164 e. The summed E-state index contributed by atoms with van der Waals surface area (Å²) in [5.74, 6) is 1.92. The van der Waals surface area contributed by atoms with Gasteiger partial charge in [0, 0.05) is 53.2 Å². The molecule has 0 radical (unpaired) electrons. The number of aromatic nitrogens is 4. The van der Waals surface area contributed by atoms with Gasteiger partial charge < -0.3 is 4.57 Å². The fraction of sp³-hybridized carbons (Fsp3) is 0.